The first-order chi connectivity index (χ1) is 36.8. The molecular formula is C70H44BN3. The zero-order chi connectivity index (χ0) is 48.4. The molecule has 3 nitrogen and oxygen atoms in total. The normalized spacial score (nSPS) is 12.8. The van der Waals surface area contributed by atoms with Gasteiger partial charge in [-0.15, -0.1) is 0 Å². The fourth-order valence-electron chi connectivity index (χ4n) is 13.1. The molecule has 0 N–H and O–H groups in total. The van der Waals surface area contributed by atoms with E-state index in [-0.39, 0.29) is 6.71 Å². The Balaban J connectivity index is 1.08. The molecular weight excluding hydrogens is 894 g/mol. The van der Waals surface area contributed by atoms with Crippen LogP contribution in [0.15, 0.2) is 267 Å². The van der Waals surface area contributed by atoms with E-state index in [1.54, 1.807) is 0 Å². The van der Waals surface area contributed by atoms with E-state index in [2.05, 4.69) is 281 Å². The smallest absolute Gasteiger partial charge is 0.252 e. The van der Waals surface area contributed by atoms with Gasteiger partial charge in [0.05, 0.1) is 28.1 Å². The Bertz CT molecular complexity index is 4360. The van der Waals surface area contributed by atoms with Crippen molar-refractivity contribution in [2.24, 2.45) is 0 Å². The summed E-state index contributed by atoms with van der Waals surface area (Å²) in [6, 6.07) is 99.7. The van der Waals surface area contributed by atoms with E-state index in [1.165, 1.54) is 115 Å². The zero-order valence-corrected chi connectivity index (χ0v) is 40.3. The Morgan fingerprint density at radius 1 is 0.257 bits per heavy atom. The van der Waals surface area contributed by atoms with E-state index in [0.717, 1.165) is 28.4 Å². The number of benzene rings is 13. The fourth-order valence-corrected chi connectivity index (χ4v) is 13.1. The topological polar surface area (TPSA) is 11.4 Å². The molecule has 13 aromatic carbocycles. The van der Waals surface area contributed by atoms with Crippen LogP contribution in [-0.2, 0) is 0 Å². The van der Waals surface area contributed by atoms with Gasteiger partial charge in [0.15, 0.2) is 0 Å². The maximum Gasteiger partial charge on any atom is 0.252 e. The third-order valence-corrected chi connectivity index (χ3v) is 16.1. The molecule has 14 aromatic rings. The lowest BCUT2D eigenvalue weighted by Gasteiger charge is -2.45. The first-order valence-corrected chi connectivity index (χ1v) is 25.7. The van der Waals surface area contributed by atoms with Gasteiger partial charge in [-0.1, -0.05) is 218 Å². The van der Waals surface area contributed by atoms with Gasteiger partial charge in [-0.3, -0.25) is 0 Å². The van der Waals surface area contributed by atoms with Gasteiger partial charge in [0.25, 0.3) is 6.71 Å². The highest BCUT2D eigenvalue weighted by Gasteiger charge is 2.44. The molecule has 0 fully saturated rings. The predicted molar refractivity (Wildman–Crippen MR) is 316 cm³/mol. The first kappa shape index (κ1) is 41.0. The number of anilines is 6. The molecule has 0 bridgehead atoms. The number of fused-ring (bicyclic) bond motifs is 11. The molecule has 0 spiro atoms. The number of para-hydroxylation sites is 4. The lowest BCUT2D eigenvalue weighted by molar-refractivity contribution is 1.16. The van der Waals surface area contributed by atoms with Gasteiger partial charge in [0, 0.05) is 44.6 Å². The van der Waals surface area contributed by atoms with Crippen molar-refractivity contribution in [1.29, 1.82) is 0 Å². The first-order valence-electron chi connectivity index (χ1n) is 25.7. The number of nitrogens with zero attached hydrogens (tertiary/aromatic N) is 3. The van der Waals surface area contributed by atoms with E-state index < -0.39 is 0 Å². The van der Waals surface area contributed by atoms with E-state index in [1.807, 2.05) is 0 Å². The molecule has 0 aliphatic carbocycles. The highest BCUT2D eigenvalue weighted by atomic mass is 15.2. The molecule has 1 aromatic heterocycles. The third kappa shape index (κ3) is 5.85. The van der Waals surface area contributed by atoms with Gasteiger partial charge >= 0.3 is 0 Å². The zero-order valence-electron chi connectivity index (χ0n) is 40.3. The van der Waals surface area contributed by atoms with E-state index in [4.69, 9.17) is 0 Å². The van der Waals surface area contributed by atoms with Gasteiger partial charge in [-0.2, -0.15) is 0 Å². The monoisotopic (exact) mass is 937 g/mol. The van der Waals surface area contributed by atoms with Crippen LogP contribution in [0.4, 0.5) is 34.1 Å². The summed E-state index contributed by atoms with van der Waals surface area (Å²) >= 11 is 0. The molecule has 2 aliphatic rings. The average Bonchev–Trinajstić information content (AvgIpc) is 3.87. The number of rotatable bonds is 5. The molecule has 0 saturated carbocycles. The second kappa shape index (κ2) is 15.9. The molecule has 342 valence electrons. The van der Waals surface area contributed by atoms with Gasteiger partial charge in [0.2, 0.25) is 0 Å². The van der Waals surface area contributed by atoms with Crippen molar-refractivity contribution in [2.75, 3.05) is 9.80 Å². The van der Waals surface area contributed by atoms with Crippen LogP contribution in [0.25, 0.3) is 92.8 Å². The van der Waals surface area contributed by atoms with Crippen LogP contribution in [0, 0.1) is 0 Å². The number of hydrogen-bond donors (Lipinski definition) is 0. The van der Waals surface area contributed by atoms with Crippen molar-refractivity contribution in [3.63, 3.8) is 0 Å². The summed E-state index contributed by atoms with van der Waals surface area (Å²) in [6.07, 6.45) is 0. The van der Waals surface area contributed by atoms with Crippen LogP contribution >= 0.6 is 0 Å². The molecule has 74 heavy (non-hydrogen) atoms. The molecule has 0 radical (unpaired) electrons. The van der Waals surface area contributed by atoms with Crippen LogP contribution < -0.4 is 26.2 Å². The van der Waals surface area contributed by atoms with Crippen molar-refractivity contribution in [3.8, 4) is 27.9 Å². The molecule has 0 unspecified atom stereocenters. The molecule has 2 aliphatic heterocycles. The second-order valence-corrected chi connectivity index (χ2v) is 19.9. The van der Waals surface area contributed by atoms with Gasteiger partial charge < -0.3 is 14.4 Å². The standard InChI is InChI=1S/C70H44BN3/c1-5-25-50-45(19-1)23-17-31-56(50)68-52-27-7-3-21-47(52)39-41-64(68)73-62-37-15-11-33-58(62)71-59-34-12-16-38-63(59)74(65-42-40-48-22-4-8-28-53(48)69(65)57-32-18-24-46-20-2-6-26-51(46)57)67-44-49(43-66(73)70(67)71)72-60-35-13-9-29-54(60)55-30-10-14-36-61(55)72/h1-44H. The highest BCUT2D eigenvalue weighted by Crippen LogP contribution is 2.52. The molecule has 4 heteroatoms. The van der Waals surface area contributed by atoms with Crippen LogP contribution in [0.5, 0.6) is 0 Å². The van der Waals surface area contributed by atoms with E-state index in [0.29, 0.717) is 0 Å². The Hall–Kier alpha value is -9.64. The van der Waals surface area contributed by atoms with Gasteiger partial charge in [-0.05, 0) is 119 Å². The van der Waals surface area contributed by atoms with Gasteiger partial charge in [-0.25, -0.2) is 0 Å². The van der Waals surface area contributed by atoms with Crippen molar-refractivity contribution < 1.29 is 0 Å². The summed E-state index contributed by atoms with van der Waals surface area (Å²) < 4.78 is 2.51. The van der Waals surface area contributed by atoms with Crippen LogP contribution in [0.2, 0.25) is 0 Å². The summed E-state index contributed by atoms with van der Waals surface area (Å²) in [4.78, 5) is 5.23. The minimum atomic E-state index is -0.0602. The molecule has 16 rings (SSSR count). The fraction of sp³-hybridized carbons (Fsp3) is 0. The maximum atomic E-state index is 2.61. The summed E-state index contributed by atoms with van der Waals surface area (Å²) in [5.41, 5.74) is 19.1. The lowest BCUT2D eigenvalue weighted by Crippen LogP contribution is -2.61. The van der Waals surface area contributed by atoms with Crippen molar-refractivity contribution >= 4 is 122 Å². The Labute approximate surface area is 429 Å². The Morgan fingerprint density at radius 2 is 0.622 bits per heavy atom. The lowest BCUT2D eigenvalue weighted by atomic mass is 9.33. The predicted octanol–water partition coefficient (Wildman–Crippen LogP) is 16.8. The molecule has 0 atom stereocenters. The van der Waals surface area contributed by atoms with Crippen LogP contribution in [-0.4, -0.2) is 11.3 Å². The molecule has 0 saturated heterocycles. The van der Waals surface area contributed by atoms with Gasteiger partial charge in [0.1, 0.15) is 0 Å². The van der Waals surface area contributed by atoms with E-state index in [9.17, 15) is 0 Å². The average molecular weight is 938 g/mol. The quantitative estimate of drug-likeness (QED) is 0.159. The van der Waals surface area contributed by atoms with Crippen molar-refractivity contribution in [3.05, 3.63) is 267 Å². The van der Waals surface area contributed by atoms with Crippen LogP contribution in [0.1, 0.15) is 0 Å². The maximum absolute atomic E-state index is 2.61. The summed E-state index contributed by atoms with van der Waals surface area (Å²) in [5, 5.41) is 12.2. The Kier molecular flexibility index (Phi) is 8.83. The van der Waals surface area contributed by atoms with E-state index >= 15 is 0 Å². The van der Waals surface area contributed by atoms with Crippen molar-refractivity contribution in [1.82, 2.24) is 4.57 Å². The minimum Gasteiger partial charge on any atom is -0.311 e. The molecule has 0 amide bonds. The highest BCUT2D eigenvalue weighted by molar-refractivity contribution is 7.00. The second-order valence-electron chi connectivity index (χ2n) is 19.9. The number of hydrogen-bond acceptors (Lipinski definition) is 2. The largest absolute Gasteiger partial charge is 0.311 e. The SMILES string of the molecule is c1ccc2c(c1)B1c3ccccc3N(c3ccc4ccccc4c3-c3cccc4ccccc34)c3cc(-n4c5ccccc5c5ccccc54)cc(c31)N2c1ccc2ccccc2c1-c1cccc2ccccc12. The number of aromatic nitrogens is 1. The summed E-state index contributed by atoms with van der Waals surface area (Å²) in [5.74, 6) is 0. The third-order valence-electron chi connectivity index (χ3n) is 16.1. The summed E-state index contributed by atoms with van der Waals surface area (Å²) in [7, 11) is 0. The molecule has 3 heterocycles. The summed E-state index contributed by atoms with van der Waals surface area (Å²) in [6.45, 7) is -0.0602. The Morgan fingerprint density at radius 3 is 1.09 bits per heavy atom. The van der Waals surface area contributed by atoms with Crippen LogP contribution in [0.3, 0.4) is 0 Å². The minimum absolute atomic E-state index is 0.0602. The van der Waals surface area contributed by atoms with Crippen molar-refractivity contribution in [2.45, 2.75) is 0 Å².